The van der Waals surface area contributed by atoms with E-state index in [1.165, 1.54) is 0 Å². The highest BCUT2D eigenvalue weighted by Crippen LogP contribution is 2.17. The van der Waals surface area contributed by atoms with Crippen molar-refractivity contribution in [3.63, 3.8) is 0 Å². The third-order valence-electron chi connectivity index (χ3n) is 4.99. The van der Waals surface area contributed by atoms with Crippen LogP contribution in [0.1, 0.15) is 57.5 Å². The smallest absolute Gasteiger partial charge is 0.339 e. The summed E-state index contributed by atoms with van der Waals surface area (Å²) >= 11 is 0. The van der Waals surface area contributed by atoms with E-state index in [9.17, 15) is 14.4 Å². The molecule has 1 aliphatic heterocycles. The summed E-state index contributed by atoms with van der Waals surface area (Å²) in [5, 5.41) is 0. The molecule has 0 aromatic heterocycles. The summed E-state index contributed by atoms with van der Waals surface area (Å²) in [6.45, 7) is 3.06. The first-order chi connectivity index (χ1) is 13.6. The van der Waals surface area contributed by atoms with Crippen LogP contribution in [-0.4, -0.2) is 42.3 Å². The van der Waals surface area contributed by atoms with Crippen molar-refractivity contribution in [2.75, 3.05) is 19.7 Å². The molecular weight excluding hydrogens is 354 g/mol. The molecule has 0 spiro atoms. The first-order valence-corrected chi connectivity index (χ1v) is 9.71. The van der Waals surface area contributed by atoms with Gasteiger partial charge in [0.1, 0.15) is 0 Å². The van der Waals surface area contributed by atoms with Gasteiger partial charge in [-0.3, -0.25) is 9.59 Å². The molecule has 2 aromatic rings. The van der Waals surface area contributed by atoms with Crippen LogP contribution < -0.4 is 0 Å². The molecular formula is C23H25NO4. The Labute approximate surface area is 165 Å². The van der Waals surface area contributed by atoms with Crippen LogP contribution in [0.25, 0.3) is 0 Å². The maximum atomic E-state index is 12.8. The topological polar surface area (TPSA) is 63.7 Å². The average molecular weight is 379 g/mol. The minimum atomic E-state index is -0.653. The Morgan fingerprint density at radius 2 is 1.46 bits per heavy atom. The Morgan fingerprint density at radius 3 is 2.11 bits per heavy atom. The van der Waals surface area contributed by atoms with Gasteiger partial charge in [0.15, 0.2) is 12.4 Å². The van der Waals surface area contributed by atoms with E-state index >= 15 is 0 Å². The van der Waals surface area contributed by atoms with Gasteiger partial charge in [-0.25, -0.2) is 4.79 Å². The van der Waals surface area contributed by atoms with Crippen LogP contribution in [0.2, 0.25) is 0 Å². The number of likely N-dealkylation sites (tertiary alicyclic amines) is 1. The van der Waals surface area contributed by atoms with Crippen LogP contribution in [0, 0.1) is 6.92 Å². The SMILES string of the molecule is Cc1ccc(C(=O)c2ccccc2C(=O)OCC(=O)N2CCCCCC2)cc1. The first-order valence-electron chi connectivity index (χ1n) is 9.71. The molecule has 0 radical (unpaired) electrons. The fourth-order valence-electron chi connectivity index (χ4n) is 3.34. The second-order valence-electron chi connectivity index (χ2n) is 7.11. The molecule has 0 unspecified atom stereocenters. The number of esters is 1. The Morgan fingerprint density at radius 1 is 0.857 bits per heavy atom. The molecule has 28 heavy (non-hydrogen) atoms. The van der Waals surface area contributed by atoms with Gasteiger partial charge in [-0.2, -0.15) is 0 Å². The minimum absolute atomic E-state index is 0.178. The van der Waals surface area contributed by atoms with Gasteiger partial charge >= 0.3 is 5.97 Å². The third kappa shape index (κ3) is 4.85. The summed E-state index contributed by atoms with van der Waals surface area (Å²) in [4.78, 5) is 39.5. The molecule has 0 bridgehead atoms. The van der Waals surface area contributed by atoms with Gasteiger partial charge < -0.3 is 9.64 Å². The number of hydrogen-bond acceptors (Lipinski definition) is 4. The summed E-state index contributed by atoms with van der Waals surface area (Å²) in [5.74, 6) is -1.08. The molecule has 5 nitrogen and oxygen atoms in total. The maximum absolute atomic E-state index is 12.8. The molecule has 1 heterocycles. The standard InChI is InChI=1S/C23H25NO4/c1-17-10-12-18(13-11-17)22(26)19-8-4-5-9-20(19)23(27)28-16-21(25)24-14-6-2-3-7-15-24/h4-5,8-13H,2-3,6-7,14-16H2,1H3. The van der Waals surface area contributed by atoms with Gasteiger partial charge in [0, 0.05) is 24.2 Å². The van der Waals surface area contributed by atoms with E-state index in [0.29, 0.717) is 18.7 Å². The van der Waals surface area contributed by atoms with E-state index in [1.807, 2.05) is 19.1 Å². The van der Waals surface area contributed by atoms with Gasteiger partial charge in [0.2, 0.25) is 0 Å². The fraction of sp³-hybridized carbons (Fsp3) is 0.348. The van der Waals surface area contributed by atoms with Crippen LogP contribution in [0.4, 0.5) is 0 Å². The number of ether oxygens (including phenoxy) is 1. The monoisotopic (exact) mass is 379 g/mol. The number of ketones is 1. The van der Waals surface area contributed by atoms with Crippen molar-refractivity contribution in [1.29, 1.82) is 0 Å². The van der Waals surface area contributed by atoms with Crippen LogP contribution >= 0.6 is 0 Å². The Bertz CT molecular complexity index is 849. The van der Waals surface area contributed by atoms with Crippen molar-refractivity contribution in [2.45, 2.75) is 32.6 Å². The van der Waals surface area contributed by atoms with Crippen LogP contribution in [0.3, 0.4) is 0 Å². The number of amides is 1. The number of aryl methyl sites for hydroxylation is 1. The van der Waals surface area contributed by atoms with Crippen LogP contribution in [0.15, 0.2) is 48.5 Å². The highest BCUT2D eigenvalue weighted by atomic mass is 16.5. The van der Waals surface area contributed by atoms with E-state index in [0.717, 1.165) is 31.2 Å². The predicted octanol–water partition coefficient (Wildman–Crippen LogP) is 3.79. The summed E-state index contributed by atoms with van der Waals surface area (Å²) in [7, 11) is 0. The van der Waals surface area contributed by atoms with Crippen LogP contribution in [-0.2, 0) is 9.53 Å². The van der Waals surface area contributed by atoms with Crippen LogP contribution in [0.5, 0.6) is 0 Å². The van der Waals surface area contributed by atoms with Gasteiger partial charge in [-0.05, 0) is 25.8 Å². The summed E-state index contributed by atoms with van der Waals surface area (Å²) < 4.78 is 5.25. The highest BCUT2D eigenvalue weighted by Gasteiger charge is 2.21. The molecule has 2 aromatic carbocycles. The molecule has 1 aliphatic rings. The molecule has 1 saturated heterocycles. The Hall–Kier alpha value is -2.95. The number of hydrogen-bond donors (Lipinski definition) is 0. The molecule has 5 heteroatoms. The number of nitrogens with zero attached hydrogens (tertiary/aromatic N) is 1. The van der Waals surface area contributed by atoms with Gasteiger partial charge in [-0.15, -0.1) is 0 Å². The third-order valence-corrected chi connectivity index (χ3v) is 4.99. The molecule has 0 N–H and O–H groups in total. The maximum Gasteiger partial charge on any atom is 0.339 e. The molecule has 146 valence electrons. The quantitative estimate of drug-likeness (QED) is 0.586. The van der Waals surface area contributed by atoms with Crippen molar-refractivity contribution in [3.8, 4) is 0 Å². The van der Waals surface area contributed by atoms with Crippen molar-refractivity contribution in [2.24, 2.45) is 0 Å². The Kier molecular flexibility index (Phi) is 6.58. The van der Waals surface area contributed by atoms with Gasteiger partial charge in [0.05, 0.1) is 5.56 Å². The number of benzene rings is 2. The average Bonchev–Trinajstić information content (AvgIpc) is 3.01. The highest BCUT2D eigenvalue weighted by molar-refractivity contribution is 6.14. The van der Waals surface area contributed by atoms with Crippen molar-refractivity contribution in [3.05, 3.63) is 70.8 Å². The lowest BCUT2D eigenvalue weighted by molar-refractivity contribution is -0.134. The first kappa shape index (κ1) is 19.8. The number of rotatable bonds is 5. The van der Waals surface area contributed by atoms with E-state index in [4.69, 9.17) is 4.74 Å². The summed E-state index contributed by atoms with van der Waals surface area (Å²) in [5.41, 5.74) is 2.01. The summed E-state index contributed by atoms with van der Waals surface area (Å²) in [6.07, 6.45) is 4.21. The second-order valence-corrected chi connectivity index (χ2v) is 7.11. The van der Waals surface area contributed by atoms with E-state index in [1.54, 1.807) is 41.3 Å². The van der Waals surface area contributed by atoms with Crippen molar-refractivity contribution in [1.82, 2.24) is 4.90 Å². The second kappa shape index (κ2) is 9.31. The molecule has 0 atom stereocenters. The zero-order chi connectivity index (χ0) is 19.9. The zero-order valence-corrected chi connectivity index (χ0v) is 16.1. The van der Waals surface area contributed by atoms with E-state index < -0.39 is 5.97 Å². The van der Waals surface area contributed by atoms with Crippen molar-refractivity contribution < 1.29 is 19.1 Å². The lowest BCUT2D eigenvalue weighted by Crippen LogP contribution is -2.35. The normalized spacial score (nSPS) is 14.2. The largest absolute Gasteiger partial charge is 0.452 e. The lowest BCUT2D eigenvalue weighted by Gasteiger charge is -2.20. The summed E-state index contributed by atoms with van der Waals surface area (Å²) in [6, 6.07) is 13.7. The van der Waals surface area contributed by atoms with Gasteiger partial charge in [-0.1, -0.05) is 60.9 Å². The zero-order valence-electron chi connectivity index (χ0n) is 16.1. The Balaban J connectivity index is 1.69. The molecule has 1 fully saturated rings. The lowest BCUT2D eigenvalue weighted by atomic mass is 9.98. The number of carbonyl (C=O) groups is 3. The van der Waals surface area contributed by atoms with E-state index in [2.05, 4.69) is 0 Å². The van der Waals surface area contributed by atoms with Gasteiger partial charge in [0.25, 0.3) is 5.91 Å². The minimum Gasteiger partial charge on any atom is -0.452 e. The fourth-order valence-corrected chi connectivity index (χ4v) is 3.34. The molecule has 0 saturated carbocycles. The molecule has 3 rings (SSSR count). The van der Waals surface area contributed by atoms with E-state index in [-0.39, 0.29) is 29.4 Å². The predicted molar refractivity (Wildman–Crippen MR) is 106 cm³/mol. The molecule has 0 aliphatic carbocycles. The molecule has 1 amide bonds. The van der Waals surface area contributed by atoms with Crippen molar-refractivity contribution >= 4 is 17.7 Å². The number of carbonyl (C=O) groups excluding carboxylic acids is 3.